The number of aryl methyl sites for hydroxylation is 1. The number of benzene rings is 1. The van der Waals surface area contributed by atoms with Crippen LogP contribution in [0.5, 0.6) is 5.75 Å². The van der Waals surface area contributed by atoms with Crippen LogP contribution in [0.3, 0.4) is 0 Å². The third kappa shape index (κ3) is 2.55. The Morgan fingerprint density at radius 3 is 2.76 bits per heavy atom. The van der Waals surface area contributed by atoms with Gasteiger partial charge in [0, 0.05) is 12.3 Å². The third-order valence-electron chi connectivity index (χ3n) is 4.61. The van der Waals surface area contributed by atoms with Gasteiger partial charge in [-0.2, -0.15) is 4.79 Å². The molecule has 3 rings (SSSR count). The number of fused-ring (bicyclic) bond motifs is 1. The van der Waals surface area contributed by atoms with Gasteiger partial charge in [-0.15, -0.1) is 4.57 Å². The van der Waals surface area contributed by atoms with Crippen LogP contribution in [0.1, 0.15) is 44.2 Å². The van der Waals surface area contributed by atoms with E-state index >= 15 is 0 Å². The Kier molecular flexibility index (Phi) is 3.70. The molecule has 4 heteroatoms. The van der Waals surface area contributed by atoms with Crippen molar-refractivity contribution in [2.24, 2.45) is 5.92 Å². The van der Waals surface area contributed by atoms with Crippen molar-refractivity contribution in [3.05, 3.63) is 34.4 Å². The maximum absolute atomic E-state index is 12.3. The number of aromatic nitrogens is 1. The van der Waals surface area contributed by atoms with Gasteiger partial charge in [-0.05, 0) is 37.5 Å². The maximum Gasteiger partial charge on any atom is 0.602 e. The topological polar surface area (TPSA) is 43.3 Å². The van der Waals surface area contributed by atoms with E-state index in [1.807, 2.05) is 25.3 Å². The molecular formula is C17H22NO3+. The molecule has 21 heavy (non-hydrogen) atoms. The molecule has 1 aliphatic rings. The fraction of sp³-hybridized carbons (Fsp3) is 0.529. The summed E-state index contributed by atoms with van der Waals surface area (Å²) in [7, 11) is 1.65. The van der Waals surface area contributed by atoms with Crippen LogP contribution < -0.4 is 15.1 Å². The lowest BCUT2D eigenvalue weighted by Crippen LogP contribution is -2.55. The smallest absolute Gasteiger partial charge is 0.497 e. The van der Waals surface area contributed by atoms with Crippen molar-refractivity contribution < 1.29 is 13.7 Å². The van der Waals surface area contributed by atoms with Crippen LogP contribution in [0.2, 0.25) is 0 Å². The zero-order valence-electron chi connectivity index (χ0n) is 12.9. The van der Waals surface area contributed by atoms with Gasteiger partial charge in [0.05, 0.1) is 12.5 Å². The summed E-state index contributed by atoms with van der Waals surface area (Å²) in [6, 6.07) is 4.06. The second kappa shape index (κ2) is 5.51. The predicted molar refractivity (Wildman–Crippen MR) is 80.6 cm³/mol. The molecule has 0 bridgehead atoms. The van der Waals surface area contributed by atoms with E-state index < -0.39 is 0 Å². The van der Waals surface area contributed by atoms with Crippen molar-refractivity contribution in [1.82, 2.24) is 0 Å². The van der Waals surface area contributed by atoms with E-state index in [9.17, 15) is 4.79 Å². The highest BCUT2D eigenvalue weighted by Gasteiger charge is 2.32. The molecule has 2 atom stereocenters. The lowest BCUT2D eigenvalue weighted by atomic mass is 9.86. The largest absolute Gasteiger partial charge is 0.602 e. The fourth-order valence-corrected chi connectivity index (χ4v) is 3.40. The van der Waals surface area contributed by atoms with E-state index in [1.165, 1.54) is 19.3 Å². The quantitative estimate of drug-likeness (QED) is 0.797. The summed E-state index contributed by atoms with van der Waals surface area (Å²) in [5, 5.41) is 0.921. The average molecular weight is 288 g/mol. The van der Waals surface area contributed by atoms with E-state index in [0.29, 0.717) is 11.5 Å². The lowest BCUT2D eigenvalue weighted by Gasteiger charge is -2.23. The standard InChI is InChI=1S/C17H22NO3/c1-11-6-4-5-7-15(11)18-10-13-9-14(20-3)8-12(2)16(13)21-17(18)19/h8-11,15H,4-7H2,1-3H3/q+1. The number of ether oxygens (including phenoxy) is 1. The predicted octanol–water partition coefficient (Wildman–Crippen LogP) is 3.15. The molecule has 4 nitrogen and oxygen atoms in total. The van der Waals surface area contributed by atoms with Crippen LogP contribution in [0.25, 0.3) is 11.0 Å². The first-order valence-electron chi connectivity index (χ1n) is 7.64. The second-order valence-electron chi connectivity index (χ2n) is 6.10. The van der Waals surface area contributed by atoms with E-state index in [1.54, 1.807) is 11.7 Å². The van der Waals surface area contributed by atoms with Gasteiger partial charge < -0.3 is 9.15 Å². The first-order chi connectivity index (χ1) is 10.1. The van der Waals surface area contributed by atoms with E-state index in [2.05, 4.69) is 6.92 Å². The normalized spacial score (nSPS) is 22.4. The molecule has 0 aliphatic heterocycles. The molecule has 1 fully saturated rings. The maximum atomic E-state index is 12.3. The summed E-state index contributed by atoms with van der Waals surface area (Å²) in [6.45, 7) is 4.15. The summed E-state index contributed by atoms with van der Waals surface area (Å²) >= 11 is 0. The second-order valence-corrected chi connectivity index (χ2v) is 6.10. The zero-order valence-corrected chi connectivity index (χ0v) is 12.9. The summed E-state index contributed by atoms with van der Waals surface area (Å²) in [5.41, 5.74) is 1.57. The Balaban J connectivity index is 2.15. The van der Waals surface area contributed by atoms with Gasteiger partial charge in [0.2, 0.25) is 0 Å². The molecule has 2 aromatic rings. The molecular weight excluding hydrogens is 266 g/mol. The number of rotatable bonds is 2. The van der Waals surface area contributed by atoms with Crippen LogP contribution in [-0.2, 0) is 0 Å². The van der Waals surface area contributed by atoms with Crippen LogP contribution >= 0.6 is 0 Å². The highest BCUT2D eigenvalue weighted by atomic mass is 16.5. The summed E-state index contributed by atoms with van der Waals surface area (Å²) in [6.07, 6.45) is 6.58. The number of hydrogen-bond acceptors (Lipinski definition) is 3. The molecule has 1 aliphatic carbocycles. The fourth-order valence-electron chi connectivity index (χ4n) is 3.40. The molecule has 0 radical (unpaired) electrons. The van der Waals surface area contributed by atoms with E-state index in [0.717, 1.165) is 23.1 Å². The van der Waals surface area contributed by atoms with Gasteiger partial charge in [0.25, 0.3) is 0 Å². The first-order valence-corrected chi connectivity index (χ1v) is 7.64. The summed E-state index contributed by atoms with van der Waals surface area (Å²) in [5.74, 6) is 1.04. The van der Waals surface area contributed by atoms with Crippen molar-refractivity contribution in [3.63, 3.8) is 0 Å². The number of methoxy groups -OCH3 is 1. The Hall–Kier alpha value is -1.84. The van der Waals surface area contributed by atoms with Gasteiger partial charge in [0.1, 0.15) is 5.75 Å². The van der Waals surface area contributed by atoms with Crippen molar-refractivity contribution in [2.45, 2.75) is 45.6 Å². The highest BCUT2D eigenvalue weighted by molar-refractivity contribution is 5.80. The van der Waals surface area contributed by atoms with Gasteiger partial charge in [-0.25, -0.2) is 0 Å². The SMILES string of the molecule is COc1cc(C)c2oc(=O)[n+](C3CCCCC3C)cc2c1. The molecule has 0 N–H and O–H groups in total. The summed E-state index contributed by atoms with van der Waals surface area (Å²) in [4.78, 5) is 12.3. The van der Waals surface area contributed by atoms with Crippen LogP contribution in [0.15, 0.2) is 27.5 Å². The third-order valence-corrected chi connectivity index (χ3v) is 4.61. The van der Waals surface area contributed by atoms with Crippen molar-refractivity contribution in [3.8, 4) is 5.75 Å². The molecule has 1 aromatic carbocycles. The van der Waals surface area contributed by atoms with E-state index in [4.69, 9.17) is 9.15 Å². The minimum Gasteiger partial charge on any atom is -0.497 e. The van der Waals surface area contributed by atoms with Gasteiger partial charge in [0.15, 0.2) is 17.8 Å². The Morgan fingerprint density at radius 2 is 2.05 bits per heavy atom. The minimum atomic E-state index is -0.255. The van der Waals surface area contributed by atoms with E-state index in [-0.39, 0.29) is 11.8 Å². The zero-order chi connectivity index (χ0) is 15.0. The first kappa shape index (κ1) is 14.1. The van der Waals surface area contributed by atoms with Crippen LogP contribution in [0, 0.1) is 12.8 Å². The molecule has 0 saturated heterocycles. The van der Waals surface area contributed by atoms with Crippen molar-refractivity contribution in [1.29, 1.82) is 0 Å². The highest BCUT2D eigenvalue weighted by Crippen LogP contribution is 2.30. The van der Waals surface area contributed by atoms with Crippen LogP contribution in [0.4, 0.5) is 0 Å². The molecule has 0 amide bonds. The molecule has 1 saturated carbocycles. The molecule has 2 unspecified atom stereocenters. The van der Waals surface area contributed by atoms with Gasteiger partial charge in [-0.1, -0.05) is 13.3 Å². The Morgan fingerprint density at radius 1 is 1.29 bits per heavy atom. The average Bonchev–Trinajstić information content (AvgIpc) is 2.48. The minimum absolute atomic E-state index is 0.242. The summed E-state index contributed by atoms with van der Waals surface area (Å²) < 4.78 is 12.7. The number of hydrogen-bond donors (Lipinski definition) is 0. The Labute approximate surface area is 124 Å². The molecule has 1 aromatic heterocycles. The molecule has 112 valence electrons. The van der Waals surface area contributed by atoms with Gasteiger partial charge in [-0.3, -0.25) is 0 Å². The lowest BCUT2D eigenvalue weighted by molar-refractivity contribution is -0.753. The monoisotopic (exact) mass is 288 g/mol. The van der Waals surface area contributed by atoms with Gasteiger partial charge >= 0.3 is 5.76 Å². The Bertz CT molecular complexity index is 720. The molecule has 0 spiro atoms. The number of nitrogens with zero attached hydrogens (tertiary/aromatic N) is 1. The van der Waals surface area contributed by atoms with Crippen molar-refractivity contribution in [2.75, 3.05) is 7.11 Å². The molecule has 1 heterocycles. The van der Waals surface area contributed by atoms with Crippen LogP contribution in [-0.4, -0.2) is 7.11 Å². The van der Waals surface area contributed by atoms with Crippen molar-refractivity contribution >= 4 is 11.0 Å².